The predicted molar refractivity (Wildman–Crippen MR) is 93.0 cm³/mol. The minimum absolute atomic E-state index is 0. The molecule has 1 aliphatic rings. The monoisotopic (exact) mass is 456 g/mol. The van der Waals surface area contributed by atoms with Gasteiger partial charge in [0.1, 0.15) is 12.6 Å². The van der Waals surface area contributed by atoms with Crippen molar-refractivity contribution < 1.29 is 61.2 Å². The van der Waals surface area contributed by atoms with Crippen molar-refractivity contribution in [1.82, 2.24) is 35.5 Å². The molecule has 1 aromatic heterocycles. The van der Waals surface area contributed by atoms with Crippen molar-refractivity contribution in [2.24, 2.45) is 0 Å². The first-order valence-corrected chi connectivity index (χ1v) is 9.77. The van der Waals surface area contributed by atoms with Crippen molar-refractivity contribution >= 4 is 33.9 Å². The summed E-state index contributed by atoms with van der Waals surface area (Å²) < 4.78 is 37.6. The fraction of sp³-hybridized carbons (Fsp3) is 0.692. The van der Waals surface area contributed by atoms with Crippen LogP contribution in [0.2, 0.25) is 0 Å². The Morgan fingerprint density at radius 1 is 1.37 bits per heavy atom. The standard InChI is InChI=1S/C13H22N8O7S.Na/c1-8(22)20-6-9(19(2)28-29(25,26)27)3-4-11(20)12(24)15-5-10(23)7-21-13(14)16-17-18-21;/h9,11H,3-7H2,1-2H3,(H,15,24)(H2,14,16,18)(H,25,26,27);/q;+1/p-1/t9-,11+;/m1./s1. The number of amides is 2. The molecular formula is C13H21N8NaO7S. The second kappa shape index (κ2) is 11.1. The fourth-order valence-corrected chi connectivity index (χ4v) is 3.33. The van der Waals surface area contributed by atoms with E-state index in [1.54, 1.807) is 0 Å². The third-order valence-electron chi connectivity index (χ3n) is 4.33. The van der Waals surface area contributed by atoms with Gasteiger partial charge in [0.15, 0.2) is 5.78 Å². The molecule has 17 heteroatoms. The summed E-state index contributed by atoms with van der Waals surface area (Å²) in [5.41, 5.74) is 5.46. The molecule has 2 atom stereocenters. The van der Waals surface area contributed by atoms with Gasteiger partial charge in [-0.1, -0.05) is 5.10 Å². The van der Waals surface area contributed by atoms with Gasteiger partial charge >= 0.3 is 29.6 Å². The molecule has 0 unspecified atom stereocenters. The second-order valence-corrected chi connectivity index (χ2v) is 7.36. The Bertz CT molecular complexity index is 879. The van der Waals surface area contributed by atoms with E-state index in [0.717, 1.165) is 9.75 Å². The molecule has 0 aliphatic carbocycles. The van der Waals surface area contributed by atoms with Crippen molar-refractivity contribution in [3.63, 3.8) is 0 Å². The number of hydroxylamine groups is 2. The Hall–Kier alpha value is -1.69. The van der Waals surface area contributed by atoms with E-state index < -0.39 is 40.1 Å². The third-order valence-corrected chi connectivity index (χ3v) is 4.75. The number of nitrogens with zero attached hydrogens (tertiary/aromatic N) is 6. The van der Waals surface area contributed by atoms with Crippen LogP contribution >= 0.6 is 0 Å². The molecule has 0 bridgehead atoms. The van der Waals surface area contributed by atoms with E-state index in [0.29, 0.717) is 0 Å². The molecule has 15 nitrogen and oxygen atoms in total. The van der Waals surface area contributed by atoms with Gasteiger partial charge in [-0.25, -0.2) is 13.1 Å². The minimum Gasteiger partial charge on any atom is -0.724 e. The Balaban J connectivity index is 0.00000450. The number of carbonyl (C=O) groups is 3. The molecule has 1 aromatic rings. The Morgan fingerprint density at radius 2 is 2.03 bits per heavy atom. The van der Waals surface area contributed by atoms with E-state index in [1.807, 2.05) is 0 Å². The van der Waals surface area contributed by atoms with Crippen molar-refractivity contribution in [1.29, 1.82) is 0 Å². The summed E-state index contributed by atoms with van der Waals surface area (Å²) in [6.07, 6.45) is 0.458. The van der Waals surface area contributed by atoms with Crippen LogP contribution in [0.3, 0.4) is 0 Å². The van der Waals surface area contributed by atoms with Crippen LogP contribution in [-0.2, 0) is 35.6 Å². The van der Waals surface area contributed by atoms with Crippen LogP contribution < -0.4 is 40.6 Å². The molecule has 1 aliphatic heterocycles. The zero-order valence-electron chi connectivity index (χ0n) is 16.7. The first kappa shape index (κ1) is 26.3. The number of nitrogen functional groups attached to an aromatic ring is 1. The molecule has 1 saturated heterocycles. The molecule has 0 aromatic carbocycles. The van der Waals surface area contributed by atoms with Crippen molar-refractivity contribution in [2.45, 2.75) is 38.4 Å². The number of Topliss-reactive ketones (excluding diaryl/α,β-unsaturated/α-hetero) is 1. The first-order valence-electron chi connectivity index (χ1n) is 8.44. The number of hydrogen-bond donors (Lipinski definition) is 2. The van der Waals surface area contributed by atoms with Gasteiger partial charge in [0, 0.05) is 20.5 Å². The number of piperidine rings is 1. The van der Waals surface area contributed by atoms with Gasteiger partial charge in [-0.05, 0) is 23.3 Å². The van der Waals surface area contributed by atoms with Crippen molar-refractivity contribution in [3.8, 4) is 0 Å². The number of tetrazole rings is 1. The van der Waals surface area contributed by atoms with E-state index in [2.05, 4.69) is 25.1 Å². The summed E-state index contributed by atoms with van der Waals surface area (Å²) in [5, 5.41) is 13.6. The fourth-order valence-electron chi connectivity index (χ4n) is 2.92. The number of nitrogens with two attached hydrogens (primary N) is 1. The first-order chi connectivity index (χ1) is 13.5. The maximum absolute atomic E-state index is 12.5. The molecule has 3 N–H and O–H groups in total. The number of likely N-dealkylation sites (N-methyl/N-ethyl adjacent to an activating group) is 1. The van der Waals surface area contributed by atoms with Gasteiger partial charge < -0.3 is 20.5 Å². The number of aromatic nitrogens is 4. The topological polar surface area (TPSA) is 206 Å². The van der Waals surface area contributed by atoms with E-state index in [9.17, 15) is 27.4 Å². The largest absolute Gasteiger partial charge is 1.00 e. The van der Waals surface area contributed by atoms with E-state index in [4.69, 9.17) is 5.73 Å². The number of carbonyl (C=O) groups excluding carboxylic acids is 3. The zero-order chi connectivity index (χ0) is 21.8. The van der Waals surface area contributed by atoms with Crippen LogP contribution in [0.15, 0.2) is 0 Å². The van der Waals surface area contributed by atoms with Crippen molar-refractivity contribution in [2.75, 3.05) is 25.9 Å². The van der Waals surface area contributed by atoms with Gasteiger partial charge in [-0.3, -0.25) is 14.4 Å². The van der Waals surface area contributed by atoms with Crippen LogP contribution in [0, 0.1) is 0 Å². The number of ketones is 1. The normalized spacial score (nSPS) is 19.3. The minimum atomic E-state index is -4.95. The summed E-state index contributed by atoms with van der Waals surface area (Å²) in [6, 6.07) is -1.46. The molecule has 0 radical (unpaired) electrons. The van der Waals surface area contributed by atoms with E-state index in [-0.39, 0.29) is 68.0 Å². The average Bonchev–Trinajstić information content (AvgIpc) is 3.02. The zero-order valence-corrected chi connectivity index (χ0v) is 19.5. The smallest absolute Gasteiger partial charge is 0.724 e. The SMILES string of the molecule is CC(=O)N1C[C@H](N(C)OS(=O)(=O)[O-])CC[C@H]1C(=O)NCC(=O)Cn1nnnc1N.[Na+]. The molecule has 2 rings (SSSR count). The van der Waals surface area contributed by atoms with Gasteiger partial charge in [0.2, 0.25) is 28.2 Å². The molecule has 0 spiro atoms. The van der Waals surface area contributed by atoms with Crippen LogP contribution in [0.1, 0.15) is 19.8 Å². The summed E-state index contributed by atoms with van der Waals surface area (Å²) in [6.45, 7) is 0.670. The summed E-state index contributed by atoms with van der Waals surface area (Å²) in [5.74, 6) is -1.43. The predicted octanol–water partition coefficient (Wildman–Crippen LogP) is -6.35. The van der Waals surface area contributed by atoms with Crippen LogP contribution in [-0.4, -0.2) is 93.0 Å². The second-order valence-electron chi connectivity index (χ2n) is 6.40. The number of hydrogen-bond acceptors (Lipinski definition) is 12. The van der Waals surface area contributed by atoms with Gasteiger partial charge in [0.05, 0.1) is 12.6 Å². The molecule has 30 heavy (non-hydrogen) atoms. The summed E-state index contributed by atoms with van der Waals surface area (Å²) in [4.78, 5) is 37.6. The third kappa shape index (κ3) is 7.53. The molecule has 1 fully saturated rings. The summed E-state index contributed by atoms with van der Waals surface area (Å²) in [7, 11) is -3.70. The Kier molecular flexibility index (Phi) is 9.73. The van der Waals surface area contributed by atoms with Crippen LogP contribution in [0.25, 0.3) is 0 Å². The average molecular weight is 456 g/mol. The summed E-state index contributed by atoms with van der Waals surface area (Å²) >= 11 is 0. The van der Waals surface area contributed by atoms with Crippen LogP contribution in [0.4, 0.5) is 5.95 Å². The van der Waals surface area contributed by atoms with E-state index >= 15 is 0 Å². The molecule has 162 valence electrons. The van der Waals surface area contributed by atoms with Crippen LogP contribution in [0.5, 0.6) is 0 Å². The van der Waals surface area contributed by atoms with Crippen molar-refractivity contribution in [3.05, 3.63) is 0 Å². The number of anilines is 1. The Morgan fingerprint density at radius 3 is 2.57 bits per heavy atom. The quantitative estimate of drug-likeness (QED) is 0.162. The maximum atomic E-state index is 12.5. The van der Waals surface area contributed by atoms with Gasteiger partial charge in [-0.2, -0.15) is 9.35 Å². The number of nitrogens with one attached hydrogen (secondary N) is 1. The maximum Gasteiger partial charge on any atom is 1.00 e. The van der Waals surface area contributed by atoms with Gasteiger partial charge in [-0.15, -0.1) is 0 Å². The Labute approximate surface area is 194 Å². The number of likely N-dealkylation sites (tertiary alicyclic amines) is 1. The molecule has 0 saturated carbocycles. The van der Waals surface area contributed by atoms with Gasteiger partial charge in [0.25, 0.3) is 0 Å². The number of rotatable bonds is 8. The molecule has 2 heterocycles. The van der Waals surface area contributed by atoms with E-state index in [1.165, 1.54) is 18.9 Å². The molecular weight excluding hydrogens is 435 g/mol. The molecule has 2 amide bonds.